The Bertz CT molecular complexity index is 1870. The van der Waals surface area contributed by atoms with Crippen molar-refractivity contribution in [1.82, 2.24) is 29.9 Å². The van der Waals surface area contributed by atoms with Gasteiger partial charge in [-0.15, -0.1) is 0 Å². The number of aromatic nitrogens is 6. The van der Waals surface area contributed by atoms with Gasteiger partial charge in [0.15, 0.2) is 0 Å². The van der Waals surface area contributed by atoms with Crippen molar-refractivity contribution in [2.24, 2.45) is 0 Å². The van der Waals surface area contributed by atoms with Gasteiger partial charge in [0.1, 0.15) is 35.6 Å². The first kappa shape index (κ1) is 35.7. The van der Waals surface area contributed by atoms with Crippen LogP contribution in [0.15, 0.2) is 132 Å². The molecule has 6 aromatic rings. The van der Waals surface area contributed by atoms with Gasteiger partial charge in [0, 0.05) is 63.4 Å². The van der Waals surface area contributed by atoms with E-state index in [0.29, 0.717) is 33.4 Å². The maximum atomic E-state index is 13.5. The van der Waals surface area contributed by atoms with Gasteiger partial charge < -0.3 is 5.11 Å². The Hall–Kier alpha value is -4.17. The molecule has 0 fully saturated rings. The molecule has 0 amide bonds. The molecule has 0 spiro atoms. The minimum absolute atomic E-state index is 0.159. The lowest BCUT2D eigenvalue weighted by Gasteiger charge is -2.27. The van der Waals surface area contributed by atoms with Crippen LogP contribution in [0.2, 0.25) is 0 Å². The second-order valence-corrected chi connectivity index (χ2v) is 12.1. The molecule has 6 rings (SSSR count). The Morgan fingerprint density at radius 2 is 1.26 bits per heavy atom. The van der Waals surface area contributed by atoms with Crippen LogP contribution < -0.4 is 0 Å². The second kappa shape index (κ2) is 17.7. The number of halogens is 5. The van der Waals surface area contributed by atoms with E-state index in [9.17, 15) is 18.7 Å². The zero-order valence-corrected chi connectivity index (χ0v) is 29.1. The molecular formula is C34H25Br3F2N6O2. The van der Waals surface area contributed by atoms with Crippen molar-refractivity contribution in [3.63, 3.8) is 0 Å². The fraction of sp³-hybridized carbons (Fsp3) is 0.0882. The molecule has 13 heteroatoms. The number of pyridine rings is 2. The number of benzene rings is 2. The van der Waals surface area contributed by atoms with Gasteiger partial charge in [-0.25, -0.2) is 28.7 Å². The van der Waals surface area contributed by atoms with Crippen LogP contribution in [0, 0.1) is 11.6 Å². The van der Waals surface area contributed by atoms with Gasteiger partial charge in [0.05, 0.1) is 11.3 Å². The summed E-state index contributed by atoms with van der Waals surface area (Å²) in [5.74, 6) is -0.701. The summed E-state index contributed by atoms with van der Waals surface area (Å²) in [5, 5.41) is 12.0. The molecule has 2 aromatic carbocycles. The lowest BCUT2D eigenvalue weighted by atomic mass is 9.85. The Morgan fingerprint density at radius 3 is 1.77 bits per heavy atom. The van der Waals surface area contributed by atoms with Crippen LogP contribution in [0.3, 0.4) is 0 Å². The predicted octanol–water partition coefficient (Wildman–Crippen LogP) is 7.84. The number of nitrogens with zero attached hydrogens (tertiary/aromatic N) is 6. The lowest BCUT2D eigenvalue weighted by molar-refractivity contribution is 0.0756. The van der Waals surface area contributed by atoms with Crippen LogP contribution in [0.1, 0.15) is 38.4 Å². The molecular weight excluding hydrogens is 802 g/mol. The minimum Gasteiger partial charge on any atom is -0.378 e. The number of carbonyl (C=O) groups is 1. The van der Waals surface area contributed by atoms with E-state index in [1.807, 2.05) is 6.07 Å². The van der Waals surface area contributed by atoms with E-state index in [0.717, 1.165) is 14.5 Å². The largest absolute Gasteiger partial charge is 0.378 e. The quantitative estimate of drug-likeness (QED) is 0.128. The number of ketones is 1. The SMILES string of the molecule is Fc1cccc(CBr)c1.O=C(c1cncnc1)c1ccc(Br)cn1.OC(Cc1cccc(F)c1)(c1cncnc1)c1ccc(Br)cn1. The summed E-state index contributed by atoms with van der Waals surface area (Å²) >= 11 is 9.80. The van der Waals surface area contributed by atoms with Crippen molar-refractivity contribution in [3.8, 4) is 0 Å². The van der Waals surface area contributed by atoms with Crippen LogP contribution in [0.4, 0.5) is 8.78 Å². The molecule has 0 aliphatic rings. The van der Waals surface area contributed by atoms with Gasteiger partial charge in [0.25, 0.3) is 0 Å². The fourth-order valence-corrected chi connectivity index (χ4v) is 4.93. The number of carbonyl (C=O) groups excluding carboxylic acids is 1. The van der Waals surface area contributed by atoms with E-state index in [2.05, 4.69) is 77.7 Å². The first-order valence-corrected chi connectivity index (χ1v) is 16.4. The summed E-state index contributed by atoms with van der Waals surface area (Å²) in [6.07, 6.45) is 12.1. The molecule has 1 atom stereocenters. The van der Waals surface area contributed by atoms with Crippen molar-refractivity contribution >= 4 is 53.6 Å². The summed E-state index contributed by atoms with van der Waals surface area (Å²) < 4.78 is 27.4. The molecule has 47 heavy (non-hydrogen) atoms. The van der Waals surface area contributed by atoms with E-state index in [4.69, 9.17) is 0 Å². The summed E-state index contributed by atoms with van der Waals surface area (Å²) in [6.45, 7) is 0. The number of rotatable bonds is 7. The number of hydrogen-bond acceptors (Lipinski definition) is 8. The maximum Gasteiger partial charge on any atom is 0.214 e. The van der Waals surface area contributed by atoms with Crippen molar-refractivity contribution in [3.05, 3.63) is 177 Å². The highest BCUT2D eigenvalue weighted by Crippen LogP contribution is 2.32. The molecule has 238 valence electrons. The van der Waals surface area contributed by atoms with Gasteiger partial charge in [0.2, 0.25) is 5.78 Å². The first-order valence-electron chi connectivity index (χ1n) is 13.7. The maximum absolute atomic E-state index is 13.5. The lowest BCUT2D eigenvalue weighted by Crippen LogP contribution is -2.31. The molecule has 0 saturated carbocycles. The highest BCUT2D eigenvalue weighted by atomic mass is 79.9. The van der Waals surface area contributed by atoms with Crippen molar-refractivity contribution < 1.29 is 18.7 Å². The summed E-state index contributed by atoms with van der Waals surface area (Å²) in [7, 11) is 0. The summed E-state index contributed by atoms with van der Waals surface area (Å²) in [5.41, 5.74) is 1.94. The third-order valence-electron chi connectivity index (χ3n) is 6.36. The van der Waals surface area contributed by atoms with E-state index < -0.39 is 5.60 Å². The van der Waals surface area contributed by atoms with Crippen LogP contribution in [0.5, 0.6) is 0 Å². The molecule has 0 radical (unpaired) electrons. The first-order chi connectivity index (χ1) is 22.7. The van der Waals surface area contributed by atoms with Crippen molar-refractivity contribution in [1.29, 1.82) is 0 Å². The third kappa shape index (κ3) is 10.7. The highest BCUT2D eigenvalue weighted by molar-refractivity contribution is 9.10. The molecule has 4 heterocycles. The molecule has 4 aromatic heterocycles. The van der Waals surface area contributed by atoms with Crippen LogP contribution in [-0.2, 0) is 17.4 Å². The van der Waals surface area contributed by atoms with Crippen LogP contribution in [-0.4, -0.2) is 40.8 Å². The minimum atomic E-state index is -1.45. The van der Waals surface area contributed by atoms with Gasteiger partial charge in [-0.2, -0.15) is 0 Å². The summed E-state index contributed by atoms with van der Waals surface area (Å²) in [6, 6.07) is 19.6. The second-order valence-electron chi connectivity index (χ2n) is 9.74. The van der Waals surface area contributed by atoms with Crippen LogP contribution in [0.25, 0.3) is 0 Å². The Balaban J connectivity index is 0.000000178. The molecule has 1 unspecified atom stereocenters. The molecule has 8 nitrogen and oxygen atoms in total. The van der Waals surface area contributed by atoms with Crippen molar-refractivity contribution in [2.75, 3.05) is 0 Å². The molecule has 0 aliphatic heterocycles. The smallest absolute Gasteiger partial charge is 0.214 e. The molecule has 0 aliphatic carbocycles. The van der Waals surface area contributed by atoms with E-state index in [1.165, 1.54) is 61.7 Å². The van der Waals surface area contributed by atoms with Gasteiger partial charge in [-0.3, -0.25) is 14.8 Å². The monoisotopic (exact) mass is 824 g/mol. The van der Waals surface area contributed by atoms with Gasteiger partial charge in [-0.1, -0.05) is 40.2 Å². The Labute approximate surface area is 294 Å². The molecule has 1 N–H and O–H groups in total. The summed E-state index contributed by atoms with van der Waals surface area (Å²) in [4.78, 5) is 35.6. The normalized spacial score (nSPS) is 11.6. The van der Waals surface area contributed by atoms with E-state index in [-0.39, 0.29) is 23.8 Å². The highest BCUT2D eigenvalue weighted by Gasteiger charge is 2.34. The average molecular weight is 827 g/mol. The van der Waals surface area contributed by atoms with Crippen LogP contribution >= 0.6 is 47.8 Å². The number of alkyl halides is 1. The topological polar surface area (TPSA) is 115 Å². The Morgan fingerprint density at radius 1 is 0.702 bits per heavy atom. The molecule has 0 saturated heterocycles. The predicted molar refractivity (Wildman–Crippen MR) is 184 cm³/mol. The third-order valence-corrected chi connectivity index (χ3v) is 7.95. The Kier molecular flexibility index (Phi) is 13.4. The average Bonchev–Trinajstić information content (AvgIpc) is 3.10. The zero-order valence-electron chi connectivity index (χ0n) is 24.4. The fourth-order valence-electron chi connectivity index (χ4n) is 4.11. The zero-order chi connectivity index (χ0) is 33.6. The number of aliphatic hydroxyl groups is 1. The van der Waals surface area contributed by atoms with E-state index in [1.54, 1.807) is 54.9 Å². The van der Waals surface area contributed by atoms with Crippen molar-refractivity contribution in [2.45, 2.75) is 17.4 Å². The number of hydrogen-bond donors (Lipinski definition) is 1. The van der Waals surface area contributed by atoms with E-state index >= 15 is 0 Å². The molecule has 0 bridgehead atoms. The van der Waals surface area contributed by atoms with Gasteiger partial charge >= 0.3 is 0 Å². The van der Waals surface area contributed by atoms with Gasteiger partial charge in [-0.05, 0) is 91.5 Å². The standard InChI is InChI=1S/C17H13BrFN3O.C10H6BrN3O.C7H6BrF/c18-14-4-5-16(22-10-14)17(23,13-8-20-11-21-9-13)7-12-2-1-3-15(19)6-12;11-8-1-2-9(14-5-8)10(15)7-3-12-6-13-4-7;8-5-6-2-1-3-7(9)4-6/h1-6,8-11,23H,7H2;1-6H;1-4H,5H2.